The van der Waals surface area contributed by atoms with Crippen LogP contribution in [0.25, 0.3) is 10.2 Å². The third-order valence-electron chi connectivity index (χ3n) is 4.18. The van der Waals surface area contributed by atoms with E-state index in [1.807, 2.05) is 12.1 Å². The third-order valence-corrected chi connectivity index (χ3v) is 6.98. The van der Waals surface area contributed by atoms with Gasteiger partial charge in [-0.3, -0.25) is 0 Å². The number of sulfonamides is 1. The van der Waals surface area contributed by atoms with Crippen LogP contribution in [-0.4, -0.2) is 44.0 Å². The Morgan fingerprint density at radius 3 is 2.48 bits per heavy atom. The number of fused-ring (bicyclic) bond motifs is 1. The van der Waals surface area contributed by atoms with Crippen LogP contribution in [0.3, 0.4) is 0 Å². The molecular weight excluding hydrogens is 398 g/mol. The van der Waals surface area contributed by atoms with Crippen molar-refractivity contribution in [3.63, 3.8) is 0 Å². The lowest BCUT2D eigenvalue weighted by Crippen LogP contribution is -2.56. The van der Waals surface area contributed by atoms with E-state index in [1.54, 1.807) is 13.2 Å². The van der Waals surface area contributed by atoms with E-state index in [9.17, 15) is 17.2 Å². The van der Waals surface area contributed by atoms with Crippen LogP contribution in [0.1, 0.15) is 0 Å². The van der Waals surface area contributed by atoms with Gasteiger partial charge in [-0.25, -0.2) is 17.2 Å². The maximum absolute atomic E-state index is 13.8. The molecule has 0 atom stereocenters. The van der Waals surface area contributed by atoms with Crippen LogP contribution in [0.15, 0.2) is 41.3 Å². The van der Waals surface area contributed by atoms with E-state index < -0.39 is 32.7 Å². The van der Waals surface area contributed by atoms with Crippen molar-refractivity contribution < 1.29 is 26.7 Å². The molecule has 0 N–H and O–H groups in total. The minimum absolute atomic E-state index is 0.0107. The van der Waals surface area contributed by atoms with E-state index in [2.05, 4.69) is 4.98 Å². The lowest BCUT2D eigenvalue weighted by molar-refractivity contribution is 0.0758. The molecule has 1 aromatic heterocycles. The average molecular weight is 412 g/mol. The van der Waals surface area contributed by atoms with Crippen LogP contribution in [0.2, 0.25) is 0 Å². The van der Waals surface area contributed by atoms with Crippen molar-refractivity contribution in [2.45, 2.75) is 11.0 Å². The molecule has 2 aromatic carbocycles. The second kappa shape index (κ2) is 6.70. The van der Waals surface area contributed by atoms with Gasteiger partial charge in [-0.1, -0.05) is 23.5 Å². The van der Waals surface area contributed by atoms with Crippen LogP contribution in [-0.2, 0) is 10.0 Å². The fraction of sp³-hybridized carbons (Fsp3) is 0.235. The Bertz CT molecular complexity index is 1090. The summed E-state index contributed by atoms with van der Waals surface area (Å²) in [5.74, 6) is -1.61. The molecule has 4 rings (SSSR count). The van der Waals surface area contributed by atoms with Crippen LogP contribution < -0.4 is 9.47 Å². The zero-order chi connectivity index (χ0) is 19.2. The Kier molecular flexibility index (Phi) is 4.49. The first-order valence-corrected chi connectivity index (χ1v) is 10.2. The number of para-hydroxylation sites is 1. The summed E-state index contributed by atoms with van der Waals surface area (Å²) < 4.78 is 65.3. The Balaban J connectivity index is 1.48. The van der Waals surface area contributed by atoms with Gasteiger partial charge in [-0.2, -0.15) is 9.29 Å². The molecule has 1 saturated heterocycles. The number of aromatic nitrogens is 1. The van der Waals surface area contributed by atoms with Gasteiger partial charge in [0.1, 0.15) is 29.0 Å². The van der Waals surface area contributed by atoms with Crippen molar-refractivity contribution in [2.75, 3.05) is 20.2 Å². The first-order chi connectivity index (χ1) is 12.9. The highest BCUT2D eigenvalue weighted by Gasteiger charge is 2.41. The standard InChI is InChI=1S/C17H14F2N2O4S2/c1-24-13-6-3-7-14-15(13)20-17(26-14)25-10-8-21(9-10)27(22,23)16-11(18)4-2-5-12(16)19/h2-7,10H,8-9H2,1H3. The second-order valence-electron chi connectivity index (χ2n) is 5.90. The van der Waals surface area contributed by atoms with Crippen molar-refractivity contribution in [1.29, 1.82) is 0 Å². The van der Waals surface area contributed by atoms with Gasteiger partial charge in [-0.15, -0.1) is 0 Å². The first kappa shape index (κ1) is 18.1. The Morgan fingerprint density at radius 1 is 1.15 bits per heavy atom. The van der Waals surface area contributed by atoms with Gasteiger partial charge in [0, 0.05) is 0 Å². The molecule has 0 saturated carbocycles. The van der Waals surface area contributed by atoms with Crippen LogP contribution >= 0.6 is 11.3 Å². The number of rotatable bonds is 5. The highest BCUT2D eigenvalue weighted by Crippen LogP contribution is 2.35. The van der Waals surface area contributed by atoms with Crippen LogP contribution in [0.5, 0.6) is 10.9 Å². The smallest absolute Gasteiger partial charge is 0.274 e. The normalized spacial score (nSPS) is 15.7. The Morgan fingerprint density at radius 2 is 1.81 bits per heavy atom. The van der Waals surface area contributed by atoms with E-state index in [1.165, 1.54) is 11.3 Å². The summed E-state index contributed by atoms with van der Waals surface area (Å²) in [6.45, 7) is -0.0215. The molecule has 1 fully saturated rings. The fourth-order valence-corrected chi connectivity index (χ4v) is 5.30. The lowest BCUT2D eigenvalue weighted by Gasteiger charge is -2.37. The number of methoxy groups -OCH3 is 1. The minimum Gasteiger partial charge on any atom is -0.494 e. The highest BCUT2D eigenvalue weighted by molar-refractivity contribution is 7.89. The Hall–Kier alpha value is -2.30. The molecule has 142 valence electrons. The fourth-order valence-electron chi connectivity index (χ4n) is 2.79. The summed E-state index contributed by atoms with van der Waals surface area (Å²) in [5.41, 5.74) is 0.664. The van der Waals surface area contributed by atoms with Gasteiger partial charge in [-0.05, 0) is 24.3 Å². The van der Waals surface area contributed by atoms with Crippen molar-refractivity contribution in [3.05, 3.63) is 48.0 Å². The van der Waals surface area contributed by atoms with E-state index in [-0.39, 0.29) is 13.1 Å². The largest absolute Gasteiger partial charge is 0.494 e. The molecule has 0 radical (unpaired) electrons. The zero-order valence-corrected chi connectivity index (χ0v) is 15.7. The zero-order valence-electron chi connectivity index (χ0n) is 14.1. The number of thiazole rings is 1. The summed E-state index contributed by atoms with van der Waals surface area (Å²) in [6, 6.07) is 8.45. The van der Waals surface area contributed by atoms with Crippen molar-refractivity contribution >= 4 is 31.6 Å². The molecule has 0 unspecified atom stereocenters. The SMILES string of the molecule is COc1cccc2sc(OC3CN(S(=O)(=O)c4c(F)cccc4F)C3)nc12. The third kappa shape index (κ3) is 3.13. The number of ether oxygens (including phenoxy) is 2. The molecule has 1 aliphatic rings. The number of hydrogen-bond donors (Lipinski definition) is 0. The maximum Gasteiger partial charge on any atom is 0.274 e. The molecule has 1 aliphatic heterocycles. The van der Waals surface area contributed by atoms with E-state index in [0.717, 1.165) is 27.2 Å². The summed E-state index contributed by atoms with van der Waals surface area (Å²) >= 11 is 1.31. The van der Waals surface area contributed by atoms with Gasteiger partial charge in [0.15, 0.2) is 4.90 Å². The number of benzene rings is 2. The second-order valence-corrected chi connectivity index (χ2v) is 8.77. The van der Waals surface area contributed by atoms with E-state index >= 15 is 0 Å². The average Bonchev–Trinajstić information content (AvgIpc) is 2.99. The summed E-state index contributed by atoms with van der Waals surface area (Å²) in [5, 5.41) is 0.383. The molecule has 0 aliphatic carbocycles. The first-order valence-electron chi connectivity index (χ1n) is 7.94. The molecule has 0 spiro atoms. The van der Waals surface area contributed by atoms with Gasteiger partial charge in [0.05, 0.1) is 24.9 Å². The molecule has 0 bridgehead atoms. The van der Waals surface area contributed by atoms with Crippen molar-refractivity contribution in [3.8, 4) is 10.9 Å². The Labute approximate surface area is 158 Å². The van der Waals surface area contributed by atoms with E-state index in [4.69, 9.17) is 9.47 Å². The monoisotopic (exact) mass is 412 g/mol. The molecule has 0 amide bonds. The maximum atomic E-state index is 13.8. The van der Waals surface area contributed by atoms with E-state index in [0.29, 0.717) is 16.5 Å². The molecule has 3 aromatic rings. The molecule has 2 heterocycles. The van der Waals surface area contributed by atoms with Gasteiger partial charge in [0.25, 0.3) is 5.19 Å². The summed E-state index contributed by atoms with van der Waals surface area (Å²) in [4.78, 5) is 3.43. The van der Waals surface area contributed by atoms with Crippen molar-refractivity contribution in [2.24, 2.45) is 0 Å². The highest BCUT2D eigenvalue weighted by atomic mass is 32.2. The quantitative estimate of drug-likeness (QED) is 0.644. The molecular formula is C17H14F2N2O4S2. The predicted octanol–water partition coefficient (Wildman–Crippen LogP) is 3.04. The topological polar surface area (TPSA) is 68.7 Å². The number of hydrogen-bond acceptors (Lipinski definition) is 6. The van der Waals surface area contributed by atoms with Crippen LogP contribution in [0.4, 0.5) is 8.78 Å². The van der Waals surface area contributed by atoms with Crippen LogP contribution in [0, 0.1) is 11.6 Å². The molecule has 27 heavy (non-hydrogen) atoms. The summed E-state index contributed by atoms with van der Waals surface area (Å²) in [6.07, 6.45) is -0.443. The van der Waals surface area contributed by atoms with Crippen molar-refractivity contribution in [1.82, 2.24) is 9.29 Å². The minimum atomic E-state index is -4.26. The number of halogens is 2. The van der Waals surface area contributed by atoms with Gasteiger partial charge >= 0.3 is 0 Å². The predicted molar refractivity (Wildman–Crippen MR) is 95.7 cm³/mol. The lowest BCUT2D eigenvalue weighted by atomic mass is 10.2. The molecule has 10 heteroatoms. The number of nitrogens with zero attached hydrogens (tertiary/aromatic N) is 2. The van der Waals surface area contributed by atoms with Gasteiger partial charge < -0.3 is 9.47 Å². The molecule has 6 nitrogen and oxygen atoms in total. The summed E-state index contributed by atoms with van der Waals surface area (Å²) in [7, 11) is -2.71. The van der Waals surface area contributed by atoms with Gasteiger partial charge in [0.2, 0.25) is 10.0 Å².